The third-order valence-electron chi connectivity index (χ3n) is 2.63. The van der Waals surface area contributed by atoms with E-state index in [0.29, 0.717) is 12.1 Å². The molecule has 0 spiro atoms. The van der Waals surface area contributed by atoms with Crippen molar-refractivity contribution in [3.05, 3.63) is 33.9 Å². The molecule has 0 aliphatic heterocycles. The molecule has 1 unspecified atom stereocenters. The van der Waals surface area contributed by atoms with Crippen LogP contribution in [0.5, 0.6) is 0 Å². The van der Waals surface area contributed by atoms with Crippen molar-refractivity contribution in [3.8, 4) is 0 Å². The number of hydrogen-bond donors (Lipinski definition) is 2. The number of benzene rings is 1. The molecule has 3 N–H and O–H groups in total. The van der Waals surface area contributed by atoms with Gasteiger partial charge in [-0.25, -0.2) is 0 Å². The maximum atomic E-state index is 11.7. The fourth-order valence-electron chi connectivity index (χ4n) is 1.53. The highest BCUT2D eigenvalue weighted by Gasteiger charge is 2.15. The van der Waals surface area contributed by atoms with E-state index in [0.717, 1.165) is 12.0 Å². The number of nitro benzene ring substituents is 1. The topological polar surface area (TPSA) is 98.3 Å². The Bertz CT molecular complexity index is 460. The Morgan fingerprint density at radius 3 is 2.78 bits per heavy atom. The number of nitro groups is 1. The Morgan fingerprint density at radius 2 is 2.22 bits per heavy atom. The first kappa shape index (κ1) is 14.1. The molecule has 1 amide bonds. The lowest BCUT2D eigenvalue weighted by atomic mass is 10.1. The molecule has 0 aliphatic carbocycles. The summed E-state index contributed by atoms with van der Waals surface area (Å²) < 4.78 is 0. The number of amides is 1. The van der Waals surface area contributed by atoms with Gasteiger partial charge in [-0.2, -0.15) is 0 Å². The predicted molar refractivity (Wildman–Crippen MR) is 69.3 cm³/mol. The van der Waals surface area contributed by atoms with E-state index in [1.165, 1.54) is 12.1 Å². The molecule has 0 heterocycles. The molecule has 1 aromatic rings. The smallest absolute Gasteiger partial charge is 0.271 e. The summed E-state index contributed by atoms with van der Waals surface area (Å²) in [7, 11) is 0. The molecule has 1 atom stereocenters. The van der Waals surface area contributed by atoms with E-state index >= 15 is 0 Å². The number of anilines is 1. The lowest BCUT2D eigenvalue weighted by Crippen LogP contribution is -2.35. The van der Waals surface area contributed by atoms with Crippen LogP contribution in [0.2, 0.25) is 0 Å². The lowest BCUT2D eigenvalue weighted by molar-refractivity contribution is -0.384. The number of nitrogens with two attached hydrogens (primary N) is 1. The van der Waals surface area contributed by atoms with Crippen molar-refractivity contribution < 1.29 is 9.72 Å². The molecule has 0 radical (unpaired) electrons. The highest BCUT2D eigenvalue weighted by molar-refractivity contribution is 5.95. The Balaban J connectivity index is 2.86. The molecule has 0 fully saturated rings. The van der Waals surface area contributed by atoms with Crippen molar-refractivity contribution in [1.82, 2.24) is 0 Å². The third kappa shape index (κ3) is 3.53. The molecule has 6 nitrogen and oxygen atoms in total. The predicted octanol–water partition coefficient (Wildman–Crippen LogP) is 1.97. The average Bonchev–Trinajstić information content (AvgIpc) is 2.31. The van der Waals surface area contributed by atoms with E-state index in [-0.39, 0.29) is 11.6 Å². The van der Waals surface area contributed by atoms with E-state index in [9.17, 15) is 14.9 Å². The van der Waals surface area contributed by atoms with Gasteiger partial charge in [0, 0.05) is 12.1 Å². The van der Waals surface area contributed by atoms with Gasteiger partial charge in [-0.05, 0) is 18.9 Å². The van der Waals surface area contributed by atoms with Gasteiger partial charge in [0.1, 0.15) is 0 Å². The number of nitrogens with zero attached hydrogens (tertiary/aromatic N) is 1. The fourth-order valence-corrected chi connectivity index (χ4v) is 1.53. The van der Waals surface area contributed by atoms with Crippen LogP contribution < -0.4 is 11.1 Å². The van der Waals surface area contributed by atoms with E-state index in [1.54, 1.807) is 13.0 Å². The van der Waals surface area contributed by atoms with Crippen LogP contribution in [0.3, 0.4) is 0 Å². The normalized spacial score (nSPS) is 11.9. The SMILES string of the molecule is CCCC(N)C(=O)Nc1cc([N+](=O)[O-])ccc1C. The van der Waals surface area contributed by atoms with Gasteiger partial charge in [0.15, 0.2) is 0 Å². The van der Waals surface area contributed by atoms with Crippen LogP contribution in [0, 0.1) is 17.0 Å². The van der Waals surface area contributed by atoms with Crippen molar-refractivity contribution in [2.45, 2.75) is 32.7 Å². The van der Waals surface area contributed by atoms with Gasteiger partial charge in [-0.15, -0.1) is 0 Å². The van der Waals surface area contributed by atoms with Crippen LogP contribution >= 0.6 is 0 Å². The van der Waals surface area contributed by atoms with Crippen LogP contribution in [0.15, 0.2) is 18.2 Å². The third-order valence-corrected chi connectivity index (χ3v) is 2.63. The van der Waals surface area contributed by atoms with Gasteiger partial charge in [0.2, 0.25) is 5.91 Å². The summed E-state index contributed by atoms with van der Waals surface area (Å²) in [5.74, 6) is -0.319. The number of hydrogen-bond acceptors (Lipinski definition) is 4. The van der Waals surface area contributed by atoms with Crippen LogP contribution in [0.1, 0.15) is 25.3 Å². The second-order valence-corrected chi connectivity index (χ2v) is 4.14. The van der Waals surface area contributed by atoms with Crippen molar-refractivity contribution >= 4 is 17.3 Å². The van der Waals surface area contributed by atoms with E-state index < -0.39 is 11.0 Å². The standard InChI is InChI=1S/C12H17N3O3/c1-3-4-10(13)12(16)14-11-7-9(15(17)18)6-5-8(11)2/h5-7,10H,3-4,13H2,1-2H3,(H,14,16). The van der Waals surface area contributed by atoms with Crippen molar-refractivity contribution in [2.24, 2.45) is 5.73 Å². The minimum atomic E-state index is -0.589. The molecule has 0 aliphatic rings. The summed E-state index contributed by atoms with van der Waals surface area (Å²) in [6.07, 6.45) is 1.39. The van der Waals surface area contributed by atoms with Crippen LogP contribution in [-0.4, -0.2) is 16.9 Å². The molecule has 6 heteroatoms. The molecule has 0 saturated heterocycles. The van der Waals surface area contributed by atoms with Crippen LogP contribution in [0.4, 0.5) is 11.4 Å². The number of rotatable bonds is 5. The summed E-state index contributed by atoms with van der Waals surface area (Å²) >= 11 is 0. The number of nitrogens with one attached hydrogen (secondary N) is 1. The zero-order valence-corrected chi connectivity index (χ0v) is 10.5. The molecular formula is C12H17N3O3. The summed E-state index contributed by atoms with van der Waals surface area (Å²) in [5, 5.41) is 13.3. The molecule has 98 valence electrons. The zero-order chi connectivity index (χ0) is 13.7. The fraction of sp³-hybridized carbons (Fsp3) is 0.417. The minimum absolute atomic E-state index is 0.0556. The molecule has 0 saturated carbocycles. The van der Waals surface area contributed by atoms with Crippen molar-refractivity contribution in [3.63, 3.8) is 0 Å². The van der Waals surface area contributed by atoms with Crippen LogP contribution in [-0.2, 0) is 4.79 Å². The molecule has 1 aromatic carbocycles. The van der Waals surface area contributed by atoms with Gasteiger partial charge in [0.25, 0.3) is 5.69 Å². The first-order chi connectivity index (χ1) is 8.45. The largest absolute Gasteiger partial charge is 0.324 e. The quantitative estimate of drug-likeness (QED) is 0.617. The van der Waals surface area contributed by atoms with Crippen LogP contribution in [0.25, 0.3) is 0 Å². The molecule has 0 bridgehead atoms. The Hall–Kier alpha value is -1.95. The van der Waals surface area contributed by atoms with Crippen molar-refractivity contribution in [1.29, 1.82) is 0 Å². The number of carbonyl (C=O) groups is 1. The average molecular weight is 251 g/mol. The van der Waals surface area contributed by atoms with Gasteiger partial charge >= 0.3 is 0 Å². The summed E-state index contributed by atoms with van der Waals surface area (Å²) in [4.78, 5) is 21.9. The maximum absolute atomic E-state index is 11.7. The maximum Gasteiger partial charge on any atom is 0.271 e. The van der Waals surface area contributed by atoms with Crippen molar-refractivity contribution in [2.75, 3.05) is 5.32 Å². The Labute approximate surface area is 105 Å². The first-order valence-corrected chi connectivity index (χ1v) is 5.77. The molecule has 18 heavy (non-hydrogen) atoms. The Kier molecular flexibility index (Phi) is 4.79. The van der Waals surface area contributed by atoms with Gasteiger partial charge < -0.3 is 11.1 Å². The van der Waals surface area contributed by atoms with E-state index in [2.05, 4.69) is 5.32 Å². The first-order valence-electron chi connectivity index (χ1n) is 5.77. The number of non-ortho nitro benzene ring substituents is 1. The molecular weight excluding hydrogens is 234 g/mol. The minimum Gasteiger partial charge on any atom is -0.324 e. The Morgan fingerprint density at radius 1 is 1.56 bits per heavy atom. The van der Waals surface area contributed by atoms with Gasteiger partial charge in [-0.3, -0.25) is 14.9 Å². The number of carbonyl (C=O) groups excluding carboxylic acids is 1. The van der Waals surface area contributed by atoms with Gasteiger partial charge in [-0.1, -0.05) is 19.4 Å². The van der Waals surface area contributed by atoms with E-state index in [4.69, 9.17) is 5.73 Å². The summed E-state index contributed by atoms with van der Waals surface area (Å²) in [6.45, 7) is 3.70. The monoisotopic (exact) mass is 251 g/mol. The summed E-state index contributed by atoms with van der Waals surface area (Å²) in [5.41, 5.74) is 6.81. The highest BCUT2D eigenvalue weighted by Crippen LogP contribution is 2.21. The summed E-state index contributed by atoms with van der Waals surface area (Å²) in [6, 6.07) is 3.75. The molecule has 0 aromatic heterocycles. The van der Waals surface area contributed by atoms with E-state index in [1.807, 2.05) is 6.92 Å². The molecule has 1 rings (SSSR count). The number of aryl methyl sites for hydroxylation is 1. The van der Waals surface area contributed by atoms with Gasteiger partial charge in [0.05, 0.1) is 16.7 Å². The lowest BCUT2D eigenvalue weighted by Gasteiger charge is -2.12. The zero-order valence-electron chi connectivity index (χ0n) is 10.5. The highest BCUT2D eigenvalue weighted by atomic mass is 16.6. The second kappa shape index (κ2) is 6.11. The second-order valence-electron chi connectivity index (χ2n) is 4.14.